The molecule has 5 rings (SSSR count). The molecule has 0 saturated carbocycles. The molecule has 38 heavy (non-hydrogen) atoms. The van der Waals surface area contributed by atoms with Gasteiger partial charge in [0.1, 0.15) is 10.7 Å². The van der Waals surface area contributed by atoms with Crippen LogP contribution in [-0.2, 0) is 9.53 Å². The van der Waals surface area contributed by atoms with Crippen LogP contribution in [0.2, 0.25) is 0 Å². The third kappa shape index (κ3) is 5.36. The number of likely N-dealkylation sites (tertiary alicyclic amines) is 1. The molecular formula is C26H29N7O4S. The highest BCUT2D eigenvalue weighted by atomic mass is 32.1. The Morgan fingerprint density at radius 3 is 2.84 bits per heavy atom. The van der Waals surface area contributed by atoms with Crippen LogP contribution in [0.3, 0.4) is 0 Å². The number of ether oxygens (including phenoxy) is 1. The van der Waals surface area contributed by atoms with Crippen LogP contribution in [0.25, 0.3) is 22.2 Å². The average Bonchev–Trinajstić information content (AvgIpc) is 3.60. The zero-order valence-electron chi connectivity index (χ0n) is 21.6. The molecule has 198 valence electrons. The standard InChI is InChI=1S/C26H29N7O4S/c1-5-10-36-25(35)21-14(2)28-26(38-21)31-24(34)20-12-18(13-33(20)4)30-23-19-11-17(22-29-15(3)37-32-22)7-6-16(19)8-9-27-23/h6-9,11,18,20H,5,10,12-13H2,1-4H3,(H,27,30)(H,28,31,34). The summed E-state index contributed by atoms with van der Waals surface area (Å²) >= 11 is 1.13. The number of carbonyl (C=O) groups excluding carboxylic acids is 2. The summed E-state index contributed by atoms with van der Waals surface area (Å²) in [6, 6.07) is 7.54. The highest BCUT2D eigenvalue weighted by molar-refractivity contribution is 7.17. The number of likely N-dealkylation sites (N-methyl/N-ethyl adjacent to an activating group) is 1. The minimum absolute atomic E-state index is 0.00235. The molecule has 4 aromatic rings. The molecule has 1 aliphatic heterocycles. The summed E-state index contributed by atoms with van der Waals surface area (Å²) < 4.78 is 10.3. The number of hydrogen-bond donors (Lipinski definition) is 2. The quantitative estimate of drug-likeness (QED) is 0.318. The van der Waals surface area contributed by atoms with Crippen LogP contribution in [0, 0.1) is 13.8 Å². The lowest BCUT2D eigenvalue weighted by Crippen LogP contribution is -2.37. The van der Waals surface area contributed by atoms with Gasteiger partial charge in [0.25, 0.3) is 0 Å². The van der Waals surface area contributed by atoms with Crippen LogP contribution in [0.4, 0.5) is 10.9 Å². The monoisotopic (exact) mass is 535 g/mol. The molecule has 3 aromatic heterocycles. The number of hydrogen-bond acceptors (Lipinski definition) is 11. The van der Waals surface area contributed by atoms with Crippen molar-refractivity contribution < 1.29 is 18.8 Å². The maximum atomic E-state index is 13.1. The fraction of sp³-hybridized carbons (Fsp3) is 0.385. The molecule has 0 radical (unpaired) electrons. The van der Waals surface area contributed by atoms with Gasteiger partial charge in [-0.05, 0) is 44.3 Å². The predicted octanol–water partition coefficient (Wildman–Crippen LogP) is 4.05. The second kappa shape index (κ2) is 10.8. The molecule has 0 aliphatic carbocycles. The largest absolute Gasteiger partial charge is 0.461 e. The minimum atomic E-state index is -0.412. The molecule has 2 N–H and O–H groups in total. The van der Waals surface area contributed by atoms with Gasteiger partial charge in [-0.25, -0.2) is 14.8 Å². The summed E-state index contributed by atoms with van der Waals surface area (Å²) in [6.07, 6.45) is 3.09. The lowest BCUT2D eigenvalue weighted by atomic mass is 10.1. The maximum Gasteiger partial charge on any atom is 0.350 e. The Morgan fingerprint density at radius 1 is 1.24 bits per heavy atom. The summed E-state index contributed by atoms with van der Waals surface area (Å²) in [7, 11) is 1.92. The number of benzene rings is 1. The average molecular weight is 536 g/mol. The maximum absolute atomic E-state index is 13.1. The Kier molecular flexibility index (Phi) is 7.34. The molecule has 0 bridgehead atoms. The molecule has 2 unspecified atom stereocenters. The van der Waals surface area contributed by atoms with Crippen molar-refractivity contribution in [2.75, 3.05) is 30.8 Å². The molecular weight excluding hydrogens is 506 g/mol. The first-order valence-corrected chi connectivity index (χ1v) is 13.3. The second-order valence-electron chi connectivity index (χ2n) is 9.32. The van der Waals surface area contributed by atoms with Crippen molar-refractivity contribution in [1.29, 1.82) is 0 Å². The van der Waals surface area contributed by atoms with Gasteiger partial charge >= 0.3 is 5.97 Å². The van der Waals surface area contributed by atoms with E-state index in [1.807, 2.05) is 43.1 Å². The van der Waals surface area contributed by atoms with Gasteiger partial charge in [-0.2, -0.15) is 4.98 Å². The SMILES string of the molecule is CCCOC(=O)c1sc(NC(=O)C2CC(Nc3nccc4ccc(-c5noc(C)n5)cc34)CN2C)nc1C. The molecule has 11 nitrogen and oxygen atoms in total. The summed E-state index contributed by atoms with van der Waals surface area (Å²) in [6.45, 7) is 6.43. The predicted molar refractivity (Wildman–Crippen MR) is 144 cm³/mol. The number of fused-ring (bicyclic) bond motifs is 1. The van der Waals surface area contributed by atoms with Crippen LogP contribution < -0.4 is 10.6 Å². The van der Waals surface area contributed by atoms with Crippen molar-refractivity contribution in [2.45, 2.75) is 45.7 Å². The smallest absolute Gasteiger partial charge is 0.350 e. The molecule has 0 spiro atoms. The van der Waals surface area contributed by atoms with Gasteiger partial charge in [0, 0.05) is 36.7 Å². The lowest BCUT2D eigenvalue weighted by molar-refractivity contribution is -0.119. The summed E-state index contributed by atoms with van der Waals surface area (Å²) in [5.74, 6) is 1.18. The van der Waals surface area contributed by atoms with E-state index in [0.29, 0.717) is 47.0 Å². The van der Waals surface area contributed by atoms with Gasteiger partial charge in [0.2, 0.25) is 17.6 Å². The Labute approximate surface area is 223 Å². The number of aryl methyl sites for hydroxylation is 2. The summed E-state index contributed by atoms with van der Waals surface area (Å²) in [5, 5.41) is 12.8. The fourth-order valence-electron chi connectivity index (χ4n) is 4.53. The number of esters is 1. The topological polar surface area (TPSA) is 135 Å². The number of pyridine rings is 1. The van der Waals surface area contributed by atoms with E-state index >= 15 is 0 Å². The zero-order valence-corrected chi connectivity index (χ0v) is 22.5. The van der Waals surface area contributed by atoms with E-state index in [-0.39, 0.29) is 18.0 Å². The number of amides is 1. The van der Waals surface area contributed by atoms with Gasteiger partial charge in [0.15, 0.2) is 5.13 Å². The first kappa shape index (κ1) is 25.7. The highest BCUT2D eigenvalue weighted by Gasteiger charge is 2.35. The second-order valence-corrected chi connectivity index (χ2v) is 10.3. The van der Waals surface area contributed by atoms with Crippen LogP contribution in [0.15, 0.2) is 35.0 Å². The summed E-state index contributed by atoms with van der Waals surface area (Å²) in [4.78, 5) is 41.0. The van der Waals surface area contributed by atoms with Crippen molar-refractivity contribution in [3.05, 3.63) is 46.9 Å². The number of nitrogens with one attached hydrogen (secondary N) is 2. The number of nitrogens with zero attached hydrogens (tertiary/aromatic N) is 5. The van der Waals surface area contributed by atoms with E-state index in [1.54, 1.807) is 20.0 Å². The number of anilines is 2. The molecule has 1 amide bonds. The Morgan fingerprint density at radius 2 is 2.08 bits per heavy atom. The normalized spacial score (nSPS) is 17.6. The molecule has 1 aliphatic rings. The van der Waals surface area contributed by atoms with Crippen molar-refractivity contribution in [3.63, 3.8) is 0 Å². The molecule has 12 heteroatoms. The Bertz CT molecular complexity index is 1480. The number of aromatic nitrogens is 4. The van der Waals surface area contributed by atoms with E-state index in [4.69, 9.17) is 9.26 Å². The number of rotatable bonds is 8. The van der Waals surface area contributed by atoms with Gasteiger partial charge in [-0.3, -0.25) is 9.69 Å². The van der Waals surface area contributed by atoms with Crippen molar-refractivity contribution in [2.24, 2.45) is 0 Å². The molecule has 1 aromatic carbocycles. The van der Waals surface area contributed by atoms with Crippen LogP contribution in [-0.4, -0.2) is 69.2 Å². The van der Waals surface area contributed by atoms with Crippen LogP contribution in [0.1, 0.15) is 41.0 Å². The summed E-state index contributed by atoms with van der Waals surface area (Å²) in [5.41, 5.74) is 1.38. The third-order valence-corrected chi connectivity index (χ3v) is 7.45. The first-order valence-electron chi connectivity index (χ1n) is 12.4. The van der Waals surface area contributed by atoms with Gasteiger partial charge in [-0.1, -0.05) is 35.5 Å². The minimum Gasteiger partial charge on any atom is -0.461 e. The number of carbonyl (C=O) groups is 2. The molecule has 4 heterocycles. The van der Waals surface area contributed by atoms with Gasteiger partial charge < -0.3 is 19.9 Å². The van der Waals surface area contributed by atoms with Gasteiger partial charge in [-0.15, -0.1) is 0 Å². The van der Waals surface area contributed by atoms with E-state index in [0.717, 1.165) is 39.9 Å². The lowest BCUT2D eigenvalue weighted by Gasteiger charge is -2.17. The van der Waals surface area contributed by atoms with Crippen molar-refractivity contribution in [1.82, 2.24) is 25.0 Å². The van der Waals surface area contributed by atoms with E-state index in [2.05, 4.69) is 30.7 Å². The third-order valence-electron chi connectivity index (χ3n) is 6.39. The Balaban J connectivity index is 1.28. The molecule has 1 saturated heterocycles. The zero-order chi connectivity index (χ0) is 26.8. The van der Waals surface area contributed by atoms with Crippen molar-refractivity contribution in [3.8, 4) is 11.4 Å². The highest BCUT2D eigenvalue weighted by Crippen LogP contribution is 2.30. The van der Waals surface area contributed by atoms with Crippen LogP contribution in [0.5, 0.6) is 0 Å². The van der Waals surface area contributed by atoms with E-state index in [1.165, 1.54) is 0 Å². The van der Waals surface area contributed by atoms with Gasteiger partial charge in [0.05, 0.1) is 18.3 Å². The van der Waals surface area contributed by atoms with Crippen molar-refractivity contribution >= 4 is 44.9 Å². The first-order chi connectivity index (χ1) is 18.3. The fourth-order valence-corrected chi connectivity index (χ4v) is 5.39. The molecule has 1 fully saturated rings. The molecule has 2 atom stereocenters. The van der Waals surface area contributed by atoms with E-state index in [9.17, 15) is 9.59 Å². The van der Waals surface area contributed by atoms with Crippen LogP contribution >= 0.6 is 11.3 Å². The number of thiazole rings is 1. The van der Waals surface area contributed by atoms with E-state index < -0.39 is 5.97 Å². The Hall–Kier alpha value is -3.90.